The fourth-order valence-corrected chi connectivity index (χ4v) is 0.863. The van der Waals surface area contributed by atoms with Crippen LogP contribution in [0.2, 0.25) is 0 Å². The Balaban J connectivity index is 4.11. The van der Waals surface area contributed by atoms with Crippen molar-refractivity contribution in [3.8, 4) is 0 Å². The molecule has 0 aliphatic rings. The summed E-state index contributed by atoms with van der Waals surface area (Å²) in [6.45, 7) is 2.04. The van der Waals surface area contributed by atoms with Crippen molar-refractivity contribution < 1.29 is 22.7 Å². The van der Waals surface area contributed by atoms with Gasteiger partial charge in [0, 0.05) is 0 Å². The van der Waals surface area contributed by atoms with Gasteiger partial charge in [0.25, 0.3) is 0 Å². The van der Waals surface area contributed by atoms with Crippen molar-refractivity contribution in [2.24, 2.45) is 0 Å². The maximum atomic E-state index is 11.9. The lowest BCUT2D eigenvalue weighted by molar-refractivity contribution is -0.161. The monoisotopic (exact) mass is 213 g/mol. The van der Waals surface area contributed by atoms with E-state index in [9.17, 15) is 18.0 Å². The van der Waals surface area contributed by atoms with Crippen LogP contribution in [0.15, 0.2) is 0 Å². The summed E-state index contributed by atoms with van der Waals surface area (Å²) >= 11 is 0. The molecule has 0 aromatic heterocycles. The average molecular weight is 213 g/mol. The van der Waals surface area contributed by atoms with Crippen LogP contribution in [0.25, 0.3) is 0 Å². The van der Waals surface area contributed by atoms with E-state index < -0.39 is 24.7 Å². The highest BCUT2D eigenvalue weighted by molar-refractivity contribution is 5.75. The number of alkyl halides is 3. The third-order valence-corrected chi connectivity index (χ3v) is 1.72. The molecule has 0 aliphatic heterocycles. The van der Waals surface area contributed by atoms with Crippen LogP contribution in [0.1, 0.15) is 13.8 Å². The van der Waals surface area contributed by atoms with Crippen molar-refractivity contribution >= 4 is 5.97 Å². The first-order chi connectivity index (χ1) is 6.28. The standard InChI is InChI=1S/C8H14F3NO2/c1-4-14-7(13)6(2)12(3)5-8(9,10)11/h6H,4-5H2,1-3H3. The van der Waals surface area contributed by atoms with Gasteiger partial charge in [-0.3, -0.25) is 9.69 Å². The van der Waals surface area contributed by atoms with Crippen molar-refractivity contribution in [3.63, 3.8) is 0 Å². The fourth-order valence-electron chi connectivity index (χ4n) is 0.863. The van der Waals surface area contributed by atoms with E-state index in [0.29, 0.717) is 0 Å². The molecule has 84 valence electrons. The highest BCUT2D eigenvalue weighted by Crippen LogP contribution is 2.17. The van der Waals surface area contributed by atoms with Gasteiger partial charge in [0.2, 0.25) is 0 Å². The van der Waals surface area contributed by atoms with Gasteiger partial charge in [-0.05, 0) is 20.9 Å². The molecule has 6 heteroatoms. The molecule has 3 nitrogen and oxygen atoms in total. The largest absolute Gasteiger partial charge is 0.465 e. The van der Waals surface area contributed by atoms with Crippen molar-refractivity contribution in [2.45, 2.75) is 26.1 Å². The molecule has 1 unspecified atom stereocenters. The van der Waals surface area contributed by atoms with Crippen molar-refractivity contribution in [2.75, 3.05) is 20.2 Å². The molecule has 1 atom stereocenters. The second kappa shape index (κ2) is 5.19. The van der Waals surface area contributed by atoms with Gasteiger partial charge in [-0.25, -0.2) is 0 Å². The summed E-state index contributed by atoms with van der Waals surface area (Å²) in [4.78, 5) is 11.9. The van der Waals surface area contributed by atoms with Crippen LogP contribution >= 0.6 is 0 Å². The summed E-state index contributed by atoms with van der Waals surface area (Å²) in [5.74, 6) is -0.640. The number of nitrogens with zero attached hydrogens (tertiary/aromatic N) is 1. The van der Waals surface area contributed by atoms with E-state index in [0.717, 1.165) is 4.90 Å². The van der Waals surface area contributed by atoms with Gasteiger partial charge < -0.3 is 4.74 Å². The Morgan fingerprint density at radius 2 is 2.00 bits per heavy atom. The molecule has 0 rings (SSSR count). The topological polar surface area (TPSA) is 29.5 Å². The second-order valence-electron chi connectivity index (χ2n) is 2.96. The summed E-state index contributed by atoms with van der Waals surface area (Å²) in [5, 5.41) is 0. The van der Waals surface area contributed by atoms with E-state index in [1.807, 2.05) is 0 Å². The molecule has 14 heavy (non-hydrogen) atoms. The number of carbonyl (C=O) groups is 1. The Morgan fingerprint density at radius 1 is 1.50 bits per heavy atom. The Labute approximate surface area is 80.8 Å². The van der Waals surface area contributed by atoms with Gasteiger partial charge in [0.1, 0.15) is 6.04 Å². The maximum absolute atomic E-state index is 11.9. The minimum atomic E-state index is -4.30. The number of halogens is 3. The van der Waals surface area contributed by atoms with Gasteiger partial charge in [-0.15, -0.1) is 0 Å². The lowest BCUT2D eigenvalue weighted by atomic mass is 10.3. The van der Waals surface area contributed by atoms with Gasteiger partial charge in [0.05, 0.1) is 13.2 Å². The molecule has 0 N–H and O–H groups in total. The predicted molar refractivity (Wildman–Crippen MR) is 44.8 cm³/mol. The molecule has 0 radical (unpaired) electrons. The Kier molecular flexibility index (Phi) is 4.90. The van der Waals surface area contributed by atoms with Gasteiger partial charge >= 0.3 is 12.1 Å². The Morgan fingerprint density at radius 3 is 2.36 bits per heavy atom. The van der Waals surface area contributed by atoms with Crippen molar-refractivity contribution in [1.29, 1.82) is 0 Å². The molecular weight excluding hydrogens is 199 g/mol. The summed E-state index contributed by atoms with van der Waals surface area (Å²) in [6.07, 6.45) is -4.30. The van der Waals surface area contributed by atoms with E-state index in [2.05, 4.69) is 4.74 Å². The zero-order chi connectivity index (χ0) is 11.4. The number of hydrogen-bond acceptors (Lipinski definition) is 3. The third-order valence-electron chi connectivity index (χ3n) is 1.72. The first-order valence-corrected chi connectivity index (χ1v) is 4.21. The van der Waals surface area contributed by atoms with Crippen LogP contribution in [0, 0.1) is 0 Å². The first-order valence-electron chi connectivity index (χ1n) is 4.21. The molecule has 0 amide bonds. The van der Waals surface area contributed by atoms with Gasteiger partial charge in [-0.1, -0.05) is 0 Å². The molecular formula is C8H14F3NO2. The van der Waals surface area contributed by atoms with Crippen LogP contribution < -0.4 is 0 Å². The Bertz CT molecular complexity index is 194. The molecule has 0 aliphatic carbocycles. The molecule has 0 saturated heterocycles. The molecule has 0 fully saturated rings. The Hall–Kier alpha value is -0.780. The second-order valence-corrected chi connectivity index (χ2v) is 2.96. The van der Waals surface area contributed by atoms with Gasteiger partial charge in [-0.2, -0.15) is 13.2 Å². The minimum absolute atomic E-state index is 0.170. The molecule has 0 aromatic carbocycles. The SMILES string of the molecule is CCOC(=O)C(C)N(C)CC(F)(F)F. The number of carbonyl (C=O) groups excluding carboxylic acids is 1. The quantitative estimate of drug-likeness (QED) is 0.662. The molecule has 0 spiro atoms. The number of ether oxygens (including phenoxy) is 1. The minimum Gasteiger partial charge on any atom is -0.465 e. The van der Waals surface area contributed by atoms with E-state index in [4.69, 9.17) is 0 Å². The number of esters is 1. The van der Waals surface area contributed by atoms with Crippen LogP contribution in [0.3, 0.4) is 0 Å². The first kappa shape index (κ1) is 13.2. The van der Waals surface area contributed by atoms with Crippen LogP contribution in [-0.4, -0.2) is 43.3 Å². The lowest BCUT2D eigenvalue weighted by Crippen LogP contribution is -2.42. The maximum Gasteiger partial charge on any atom is 0.401 e. The van der Waals surface area contributed by atoms with E-state index >= 15 is 0 Å². The average Bonchev–Trinajstić information content (AvgIpc) is 2.00. The van der Waals surface area contributed by atoms with Gasteiger partial charge in [0.15, 0.2) is 0 Å². The molecule has 0 aromatic rings. The zero-order valence-electron chi connectivity index (χ0n) is 8.39. The van der Waals surface area contributed by atoms with Crippen molar-refractivity contribution in [1.82, 2.24) is 4.90 Å². The van der Waals surface area contributed by atoms with Crippen molar-refractivity contribution in [3.05, 3.63) is 0 Å². The molecule has 0 bridgehead atoms. The van der Waals surface area contributed by atoms with E-state index in [1.54, 1.807) is 6.92 Å². The van der Waals surface area contributed by atoms with Crippen LogP contribution in [-0.2, 0) is 9.53 Å². The normalized spacial score (nSPS) is 14.2. The summed E-state index contributed by atoms with van der Waals surface area (Å²) in [5.41, 5.74) is 0. The highest BCUT2D eigenvalue weighted by atomic mass is 19.4. The van der Waals surface area contributed by atoms with Crippen LogP contribution in [0.5, 0.6) is 0 Å². The summed E-state index contributed by atoms with van der Waals surface area (Å²) in [6, 6.07) is -0.878. The number of rotatable bonds is 4. The van der Waals surface area contributed by atoms with E-state index in [1.165, 1.54) is 14.0 Å². The third kappa shape index (κ3) is 5.06. The molecule has 0 saturated carbocycles. The smallest absolute Gasteiger partial charge is 0.401 e. The molecule has 0 heterocycles. The summed E-state index contributed by atoms with van der Waals surface area (Å²) < 4.78 is 40.4. The predicted octanol–water partition coefficient (Wildman–Crippen LogP) is 1.43. The number of hydrogen-bond donors (Lipinski definition) is 0. The van der Waals surface area contributed by atoms with Crippen LogP contribution in [0.4, 0.5) is 13.2 Å². The zero-order valence-corrected chi connectivity index (χ0v) is 8.39. The summed E-state index contributed by atoms with van der Waals surface area (Å²) in [7, 11) is 1.23. The van der Waals surface area contributed by atoms with E-state index in [-0.39, 0.29) is 6.61 Å². The highest BCUT2D eigenvalue weighted by Gasteiger charge is 2.33. The fraction of sp³-hybridized carbons (Fsp3) is 0.875. The lowest BCUT2D eigenvalue weighted by Gasteiger charge is -2.23. The number of likely N-dealkylation sites (N-methyl/N-ethyl adjacent to an activating group) is 1.